The van der Waals surface area contributed by atoms with Gasteiger partial charge in [-0.15, -0.1) is 0 Å². The SMILES string of the molecule is COc1ccc(S(=O)(=O)NCc2ccc(Oc3cccc(F)c3)nc2)cc1[N+](=O)[O-]. The van der Waals surface area contributed by atoms with Crippen molar-refractivity contribution in [3.05, 3.63) is 82.3 Å². The second-order valence-electron chi connectivity index (χ2n) is 5.98. The minimum absolute atomic E-state index is 0.0444. The third-order valence-corrected chi connectivity index (χ3v) is 5.34. The van der Waals surface area contributed by atoms with Gasteiger partial charge in [0.1, 0.15) is 11.6 Å². The number of hydrogen-bond acceptors (Lipinski definition) is 7. The third-order valence-electron chi connectivity index (χ3n) is 3.94. The van der Waals surface area contributed by atoms with E-state index >= 15 is 0 Å². The molecule has 0 atom stereocenters. The molecule has 3 rings (SSSR count). The number of nitrogens with one attached hydrogen (secondary N) is 1. The van der Waals surface area contributed by atoms with Crippen molar-refractivity contribution in [1.82, 2.24) is 9.71 Å². The molecule has 0 aliphatic carbocycles. The van der Waals surface area contributed by atoms with E-state index in [4.69, 9.17) is 9.47 Å². The van der Waals surface area contributed by atoms with Crippen molar-refractivity contribution in [2.75, 3.05) is 7.11 Å². The first kappa shape index (κ1) is 21.1. The quantitative estimate of drug-likeness (QED) is 0.427. The molecule has 0 radical (unpaired) electrons. The molecule has 30 heavy (non-hydrogen) atoms. The maximum atomic E-state index is 13.2. The molecule has 0 spiro atoms. The number of nitro groups is 1. The lowest BCUT2D eigenvalue weighted by Gasteiger charge is -2.09. The van der Waals surface area contributed by atoms with E-state index in [1.165, 1.54) is 49.7 Å². The molecule has 1 aromatic heterocycles. The van der Waals surface area contributed by atoms with Gasteiger partial charge in [0.2, 0.25) is 15.9 Å². The van der Waals surface area contributed by atoms with Crippen LogP contribution in [0, 0.1) is 15.9 Å². The third kappa shape index (κ3) is 5.07. The van der Waals surface area contributed by atoms with Crippen molar-refractivity contribution < 1.29 is 27.2 Å². The van der Waals surface area contributed by atoms with Gasteiger partial charge in [-0.3, -0.25) is 10.1 Å². The summed E-state index contributed by atoms with van der Waals surface area (Å²) in [5.74, 6) is -0.00984. The van der Waals surface area contributed by atoms with Gasteiger partial charge in [-0.05, 0) is 29.8 Å². The number of nitro benzene ring substituents is 1. The number of nitrogens with zero attached hydrogens (tertiary/aromatic N) is 2. The molecule has 2 aromatic carbocycles. The van der Waals surface area contributed by atoms with Crippen LogP contribution in [0.15, 0.2) is 65.7 Å². The van der Waals surface area contributed by atoms with Crippen molar-refractivity contribution in [3.8, 4) is 17.4 Å². The van der Waals surface area contributed by atoms with E-state index in [1.54, 1.807) is 12.1 Å². The number of hydrogen-bond donors (Lipinski definition) is 1. The maximum Gasteiger partial charge on any atom is 0.312 e. The summed E-state index contributed by atoms with van der Waals surface area (Å²) in [5.41, 5.74) is 0.0640. The molecule has 0 aliphatic heterocycles. The summed E-state index contributed by atoms with van der Waals surface area (Å²) in [4.78, 5) is 14.1. The summed E-state index contributed by atoms with van der Waals surface area (Å²) in [6.45, 7) is -0.102. The van der Waals surface area contributed by atoms with Crippen molar-refractivity contribution in [1.29, 1.82) is 0 Å². The Morgan fingerprint density at radius 2 is 1.97 bits per heavy atom. The molecule has 9 nitrogen and oxygen atoms in total. The van der Waals surface area contributed by atoms with Gasteiger partial charge in [-0.25, -0.2) is 22.5 Å². The zero-order chi connectivity index (χ0) is 21.7. The van der Waals surface area contributed by atoms with Gasteiger partial charge in [-0.1, -0.05) is 12.1 Å². The first-order valence-electron chi connectivity index (χ1n) is 8.49. The van der Waals surface area contributed by atoms with E-state index in [-0.39, 0.29) is 28.8 Å². The van der Waals surface area contributed by atoms with Crippen LogP contribution in [0.1, 0.15) is 5.56 Å². The molecule has 0 saturated heterocycles. The molecule has 0 aliphatic rings. The number of methoxy groups -OCH3 is 1. The predicted molar refractivity (Wildman–Crippen MR) is 104 cm³/mol. The summed E-state index contributed by atoms with van der Waals surface area (Å²) in [5, 5.41) is 11.1. The molecule has 0 bridgehead atoms. The number of halogens is 1. The van der Waals surface area contributed by atoms with Gasteiger partial charge >= 0.3 is 5.69 Å². The average Bonchev–Trinajstić information content (AvgIpc) is 2.73. The molecular weight excluding hydrogens is 417 g/mol. The number of ether oxygens (including phenoxy) is 2. The molecule has 0 fully saturated rings. The lowest BCUT2D eigenvalue weighted by molar-refractivity contribution is -0.386. The molecule has 0 amide bonds. The lowest BCUT2D eigenvalue weighted by atomic mass is 10.3. The highest BCUT2D eigenvalue weighted by atomic mass is 32.2. The normalized spacial score (nSPS) is 11.1. The average molecular weight is 433 g/mol. The van der Waals surface area contributed by atoms with Crippen LogP contribution in [0.3, 0.4) is 0 Å². The van der Waals surface area contributed by atoms with Gasteiger partial charge in [0.15, 0.2) is 5.75 Å². The summed E-state index contributed by atoms with van der Waals surface area (Å²) >= 11 is 0. The Kier molecular flexibility index (Phi) is 6.23. The monoisotopic (exact) mass is 433 g/mol. The van der Waals surface area contributed by atoms with E-state index in [1.807, 2.05) is 0 Å². The van der Waals surface area contributed by atoms with Crippen LogP contribution in [-0.2, 0) is 16.6 Å². The van der Waals surface area contributed by atoms with Crippen LogP contribution in [-0.4, -0.2) is 25.4 Å². The van der Waals surface area contributed by atoms with E-state index in [9.17, 15) is 22.9 Å². The fraction of sp³-hybridized carbons (Fsp3) is 0.105. The Hall–Kier alpha value is -3.57. The molecule has 3 aromatic rings. The number of aromatic nitrogens is 1. The first-order chi connectivity index (χ1) is 14.3. The molecule has 0 unspecified atom stereocenters. The minimum atomic E-state index is -4.01. The molecule has 156 valence electrons. The number of pyridine rings is 1. The van der Waals surface area contributed by atoms with Gasteiger partial charge in [0.05, 0.1) is 16.9 Å². The van der Waals surface area contributed by atoms with Gasteiger partial charge in [0, 0.05) is 30.9 Å². The standard InChI is InChI=1S/C19H16FN3O6S/c1-28-18-7-6-16(10-17(18)23(24)25)30(26,27)22-12-13-5-8-19(21-11-13)29-15-4-2-3-14(20)9-15/h2-11,22H,12H2,1H3. The summed E-state index contributed by atoms with van der Waals surface area (Å²) in [6.07, 6.45) is 1.40. The van der Waals surface area contributed by atoms with Crippen molar-refractivity contribution in [2.45, 2.75) is 11.4 Å². The van der Waals surface area contributed by atoms with Gasteiger partial charge < -0.3 is 9.47 Å². The Labute approximate surface area is 171 Å². The zero-order valence-corrected chi connectivity index (χ0v) is 16.4. The minimum Gasteiger partial charge on any atom is -0.490 e. The maximum absolute atomic E-state index is 13.2. The second-order valence-corrected chi connectivity index (χ2v) is 7.75. The number of benzene rings is 2. The highest BCUT2D eigenvalue weighted by Crippen LogP contribution is 2.29. The highest BCUT2D eigenvalue weighted by Gasteiger charge is 2.21. The van der Waals surface area contributed by atoms with E-state index in [2.05, 4.69) is 9.71 Å². The summed E-state index contributed by atoms with van der Waals surface area (Å²) in [6, 6.07) is 12.0. The zero-order valence-electron chi connectivity index (χ0n) is 15.6. The molecule has 0 saturated carbocycles. The van der Waals surface area contributed by atoms with Crippen molar-refractivity contribution in [3.63, 3.8) is 0 Å². The predicted octanol–water partition coefficient (Wildman–Crippen LogP) is 3.41. The highest BCUT2D eigenvalue weighted by molar-refractivity contribution is 7.89. The smallest absolute Gasteiger partial charge is 0.312 e. The van der Waals surface area contributed by atoms with E-state index in [0.29, 0.717) is 5.56 Å². The van der Waals surface area contributed by atoms with Crippen molar-refractivity contribution >= 4 is 15.7 Å². The van der Waals surface area contributed by atoms with Gasteiger partial charge in [-0.2, -0.15) is 0 Å². The van der Waals surface area contributed by atoms with Crippen LogP contribution < -0.4 is 14.2 Å². The van der Waals surface area contributed by atoms with Crippen LogP contribution >= 0.6 is 0 Å². The van der Waals surface area contributed by atoms with Gasteiger partial charge in [0.25, 0.3) is 0 Å². The summed E-state index contributed by atoms with van der Waals surface area (Å²) in [7, 11) is -2.76. The van der Waals surface area contributed by atoms with E-state index in [0.717, 1.165) is 6.07 Å². The van der Waals surface area contributed by atoms with Crippen LogP contribution in [0.4, 0.5) is 10.1 Å². The lowest BCUT2D eigenvalue weighted by Crippen LogP contribution is -2.23. The number of rotatable bonds is 8. The summed E-state index contributed by atoms with van der Waals surface area (Å²) < 4.78 is 50.8. The topological polar surface area (TPSA) is 121 Å². The second kappa shape index (κ2) is 8.84. The fourth-order valence-corrected chi connectivity index (χ4v) is 3.51. The van der Waals surface area contributed by atoms with E-state index < -0.39 is 26.5 Å². The fourth-order valence-electron chi connectivity index (χ4n) is 2.47. The van der Waals surface area contributed by atoms with Crippen molar-refractivity contribution in [2.24, 2.45) is 0 Å². The van der Waals surface area contributed by atoms with Crippen LogP contribution in [0.25, 0.3) is 0 Å². The Morgan fingerprint density at radius 1 is 1.17 bits per heavy atom. The molecule has 11 heteroatoms. The largest absolute Gasteiger partial charge is 0.490 e. The Bertz CT molecular complexity index is 1170. The molecule has 1 N–H and O–H groups in total. The first-order valence-corrected chi connectivity index (χ1v) is 9.97. The Morgan fingerprint density at radius 3 is 2.60 bits per heavy atom. The number of sulfonamides is 1. The Balaban J connectivity index is 1.68. The molecule has 1 heterocycles. The van der Waals surface area contributed by atoms with Crippen LogP contribution in [0.2, 0.25) is 0 Å². The van der Waals surface area contributed by atoms with Crippen LogP contribution in [0.5, 0.6) is 17.4 Å². The molecular formula is C19H16FN3O6S.